The number of ether oxygens (including phenoxy) is 3. The zero-order chi connectivity index (χ0) is 38.8. The number of imidazole rings is 1. The summed E-state index contributed by atoms with van der Waals surface area (Å²) in [5.74, 6) is 0.939. The van der Waals surface area contributed by atoms with Crippen molar-refractivity contribution in [3.8, 4) is 28.1 Å². The summed E-state index contributed by atoms with van der Waals surface area (Å²) >= 11 is 0. The van der Waals surface area contributed by atoms with Crippen molar-refractivity contribution >= 4 is 52.4 Å². The standard InChI is InChI=1S/C39H48N8O7/c1-7-14-46(35(48)20-43-38(50)52-5)22-34-42-19-32(45-34)26-9-11-28-27(16-26)23-54-33-18-29-25(17-30(28)33)10-12-31(37(29)40-4)41-13-15-47(24(3)8-2)36(49)21-44-39(51)53-6/h9-13,16-19,24,40H,7-8,14-15,20-23H2,1-6H3,(H,42,45)(H,43,50)(H,44,51)/t24-/m0/s1. The lowest BCUT2D eigenvalue weighted by atomic mass is 9.92. The normalized spacial score (nSPS) is 12.3. The lowest BCUT2D eigenvalue weighted by molar-refractivity contribution is -0.131. The van der Waals surface area contributed by atoms with E-state index in [1.165, 1.54) is 14.2 Å². The van der Waals surface area contributed by atoms with Gasteiger partial charge in [0, 0.05) is 36.8 Å². The van der Waals surface area contributed by atoms with E-state index in [0.717, 1.165) is 63.0 Å². The minimum atomic E-state index is -0.658. The summed E-state index contributed by atoms with van der Waals surface area (Å²) in [5, 5.41) is 10.2. The first-order valence-corrected chi connectivity index (χ1v) is 17.9. The van der Waals surface area contributed by atoms with Crippen LogP contribution in [0.4, 0.5) is 21.0 Å². The number of H-pyrrole nitrogens is 1. The van der Waals surface area contributed by atoms with Crippen molar-refractivity contribution in [2.45, 2.75) is 52.8 Å². The third-order valence-electron chi connectivity index (χ3n) is 9.34. The number of methoxy groups -OCH3 is 2. The molecule has 54 heavy (non-hydrogen) atoms. The zero-order valence-corrected chi connectivity index (χ0v) is 31.6. The molecule has 1 atom stereocenters. The number of amides is 4. The molecule has 4 aromatic rings. The zero-order valence-electron chi connectivity index (χ0n) is 31.6. The molecule has 0 spiro atoms. The maximum atomic E-state index is 12.9. The molecule has 5 rings (SSSR count). The molecule has 1 aromatic heterocycles. The van der Waals surface area contributed by atoms with E-state index in [4.69, 9.17) is 9.73 Å². The number of rotatable bonds is 15. The van der Waals surface area contributed by atoms with E-state index >= 15 is 0 Å². The van der Waals surface area contributed by atoms with Crippen molar-refractivity contribution in [3.63, 3.8) is 0 Å². The molecule has 0 unspecified atom stereocenters. The van der Waals surface area contributed by atoms with Crippen LogP contribution in [0.3, 0.4) is 0 Å². The highest BCUT2D eigenvalue weighted by atomic mass is 16.5. The summed E-state index contributed by atoms with van der Waals surface area (Å²) in [6.45, 7) is 7.07. The number of aliphatic imine (C=N–C) groups is 1. The van der Waals surface area contributed by atoms with Crippen LogP contribution >= 0.6 is 0 Å². The van der Waals surface area contributed by atoms with E-state index in [0.29, 0.717) is 24.7 Å². The van der Waals surface area contributed by atoms with Crippen LogP contribution in [0.1, 0.15) is 45.0 Å². The second kappa shape index (κ2) is 18.1. The Morgan fingerprint density at radius 3 is 2.43 bits per heavy atom. The first kappa shape index (κ1) is 39.1. The van der Waals surface area contributed by atoms with Gasteiger partial charge in [0.15, 0.2) is 0 Å². The summed E-state index contributed by atoms with van der Waals surface area (Å²) < 4.78 is 15.5. The van der Waals surface area contributed by atoms with E-state index in [1.54, 1.807) is 22.2 Å². The van der Waals surface area contributed by atoms with Gasteiger partial charge in [0.1, 0.15) is 31.3 Å². The third-order valence-corrected chi connectivity index (χ3v) is 9.34. The van der Waals surface area contributed by atoms with Gasteiger partial charge in [0.25, 0.3) is 0 Å². The van der Waals surface area contributed by atoms with Crippen molar-refractivity contribution in [2.75, 3.05) is 52.8 Å². The molecule has 15 nitrogen and oxygen atoms in total. The molecule has 0 saturated carbocycles. The van der Waals surface area contributed by atoms with Gasteiger partial charge >= 0.3 is 12.2 Å². The van der Waals surface area contributed by atoms with E-state index < -0.39 is 12.2 Å². The van der Waals surface area contributed by atoms with Crippen molar-refractivity contribution in [1.29, 1.82) is 0 Å². The second-order valence-electron chi connectivity index (χ2n) is 12.8. The Labute approximate surface area is 314 Å². The number of carbonyl (C=O) groups excluding carboxylic acids is 4. The molecule has 3 aromatic carbocycles. The van der Waals surface area contributed by atoms with Crippen LogP contribution in [0.2, 0.25) is 0 Å². The maximum absolute atomic E-state index is 12.9. The van der Waals surface area contributed by atoms with Crippen LogP contribution in [0.15, 0.2) is 53.7 Å². The van der Waals surface area contributed by atoms with Crippen molar-refractivity contribution in [2.24, 2.45) is 4.99 Å². The summed E-state index contributed by atoms with van der Waals surface area (Å²) in [6, 6.07) is 14.3. The fourth-order valence-corrected chi connectivity index (χ4v) is 6.30. The highest BCUT2D eigenvalue weighted by molar-refractivity contribution is 6.03. The molecule has 0 bridgehead atoms. The predicted molar refractivity (Wildman–Crippen MR) is 207 cm³/mol. The predicted octanol–water partition coefficient (Wildman–Crippen LogP) is 5.61. The van der Waals surface area contributed by atoms with Gasteiger partial charge in [0.2, 0.25) is 11.8 Å². The summed E-state index contributed by atoms with van der Waals surface area (Å²) in [6.07, 6.45) is 3.65. The number of fused-ring (bicyclic) bond motifs is 4. The van der Waals surface area contributed by atoms with Crippen molar-refractivity contribution in [3.05, 3.63) is 60.0 Å². The molecule has 1 aliphatic rings. The minimum absolute atomic E-state index is 0.0499. The van der Waals surface area contributed by atoms with E-state index in [1.807, 2.05) is 52.1 Å². The number of anilines is 1. The quantitative estimate of drug-likeness (QED) is 0.113. The van der Waals surface area contributed by atoms with E-state index in [2.05, 4.69) is 53.6 Å². The average Bonchev–Trinajstić information content (AvgIpc) is 3.67. The number of nitrogens with zero attached hydrogens (tertiary/aromatic N) is 4. The molecule has 0 saturated heterocycles. The average molecular weight is 741 g/mol. The van der Waals surface area contributed by atoms with Gasteiger partial charge in [-0.3, -0.25) is 14.6 Å². The van der Waals surface area contributed by atoms with Gasteiger partial charge in [-0.25, -0.2) is 14.6 Å². The second-order valence-corrected chi connectivity index (χ2v) is 12.8. The van der Waals surface area contributed by atoms with Gasteiger partial charge in [-0.2, -0.15) is 0 Å². The summed E-state index contributed by atoms with van der Waals surface area (Å²) in [5.41, 5.74) is 6.39. The fourth-order valence-electron chi connectivity index (χ4n) is 6.30. The van der Waals surface area contributed by atoms with E-state index in [-0.39, 0.29) is 44.0 Å². The summed E-state index contributed by atoms with van der Waals surface area (Å²) in [7, 11) is 4.36. The third kappa shape index (κ3) is 9.08. The number of nitrogens with one attached hydrogen (secondary N) is 4. The Kier molecular flexibility index (Phi) is 13.1. The van der Waals surface area contributed by atoms with Crippen LogP contribution in [0.5, 0.6) is 5.75 Å². The Morgan fingerprint density at radius 1 is 1.00 bits per heavy atom. The molecule has 4 N–H and O–H groups in total. The first-order valence-electron chi connectivity index (χ1n) is 17.9. The van der Waals surface area contributed by atoms with Gasteiger partial charge in [-0.1, -0.05) is 32.0 Å². The molecule has 1 aliphatic heterocycles. The van der Waals surface area contributed by atoms with Crippen LogP contribution in [0.25, 0.3) is 33.2 Å². The molecular formula is C39H48N8O7. The topological polar surface area (TPSA) is 180 Å². The summed E-state index contributed by atoms with van der Waals surface area (Å²) in [4.78, 5) is 64.5. The number of alkyl carbamates (subject to hydrolysis) is 2. The number of hydrogen-bond acceptors (Lipinski definition) is 10. The Balaban J connectivity index is 1.33. The molecule has 4 amide bonds. The van der Waals surface area contributed by atoms with Crippen molar-refractivity contribution < 1.29 is 33.4 Å². The number of carbonyl (C=O) groups is 4. The lowest BCUT2D eigenvalue weighted by Crippen LogP contribution is -2.45. The number of aromatic amines is 1. The van der Waals surface area contributed by atoms with Crippen LogP contribution in [0, 0.1) is 0 Å². The molecular weight excluding hydrogens is 692 g/mol. The fraction of sp³-hybridized carbons (Fsp3) is 0.385. The van der Waals surface area contributed by atoms with Crippen molar-refractivity contribution in [1.82, 2.24) is 30.4 Å². The number of benzene rings is 3. The molecule has 0 radical (unpaired) electrons. The smallest absolute Gasteiger partial charge is 0.407 e. The number of hydrogen-bond donors (Lipinski definition) is 4. The van der Waals surface area contributed by atoms with Crippen LogP contribution in [-0.4, -0.2) is 103 Å². The molecule has 2 heterocycles. The SMILES string of the molecule is CCCN(Cc1ncc(-c2ccc3c(c2)COc2cc4c(NC)c(N=CCN(C(=O)CNC(=O)OC)[C@@H](C)CC)ccc4cc2-3)[nH]1)C(=O)CNC(=O)OC. The Bertz CT molecular complexity index is 2030. The Hall–Kier alpha value is -6.12. The molecule has 0 aliphatic carbocycles. The van der Waals surface area contributed by atoms with Gasteiger partial charge < -0.3 is 44.9 Å². The van der Waals surface area contributed by atoms with Gasteiger partial charge in [-0.15, -0.1) is 0 Å². The highest BCUT2D eigenvalue weighted by Gasteiger charge is 2.22. The van der Waals surface area contributed by atoms with Gasteiger partial charge in [-0.05, 0) is 66.1 Å². The van der Waals surface area contributed by atoms with Gasteiger partial charge in [0.05, 0.1) is 50.6 Å². The molecule has 15 heteroatoms. The first-order chi connectivity index (χ1) is 26.1. The van der Waals surface area contributed by atoms with E-state index in [9.17, 15) is 19.2 Å². The monoisotopic (exact) mass is 740 g/mol. The molecule has 0 fully saturated rings. The maximum Gasteiger partial charge on any atom is 0.407 e. The Morgan fingerprint density at radius 2 is 1.74 bits per heavy atom. The molecule has 286 valence electrons. The number of aromatic nitrogens is 2. The lowest BCUT2D eigenvalue weighted by Gasteiger charge is -2.27. The minimum Gasteiger partial charge on any atom is -0.488 e. The highest BCUT2D eigenvalue weighted by Crippen LogP contribution is 2.44. The van der Waals surface area contributed by atoms with Crippen LogP contribution in [-0.2, 0) is 32.2 Å². The largest absolute Gasteiger partial charge is 0.488 e. The van der Waals surface area contributed by atoms with Crippen LogP contribution < -0.4 is 20.7 Å².